The lowest BCUT2D eigenvalue weighted by atomic mass is 9.87. The van der Waals surface area contributed by atoms with Crippen LogP contribution in [0.3, 0.4) is 0 Å². The van der Waals surface area contributed by atoms with Gasteiger partial charge in [0.1, 0.15) is 5.82 Å². The number of benzene rings is 1. The molecule has 3 unspecified atom stereocenters. The predicted molar refractivity (Wildman–Crippen MR) is 80.7 cm³/mol. The normalized spacial score (nSPS) is 24.0. The third-order valence-electron chi connectivity index (χ3n) is 4.09. The van der Waals surface area contributed by atoms with E-state index in [0.717, 1.165) is 38.0 Å². The van der Waals surface area contributed by atoms with Gasteiger partial charge in [-0.25, -0.2) is 4.39 Å². The summed E-state index contributed by atoms with van der Waals surface area (Å²) >= 11 is 5.74. The van der Waals surface area contributed by atoms with Crippen molar-refractivity contribution in [3.63, 3.8) is 0 Å². The first-order chi connectivity index (χ1) is 9.65. The van der Waals surface area contributed by atoms with Crippen molar-refractivity contribution in [3.8, 4) is 0 Å². The first-order valence-electron chi connectivity index (χ1n) is 7.44. The van der Waals surface area contributed by atoms with Gasteiger partial charge in [0.05, 0.1) is 11.1 Å². The van der Waals surface area contributed by atoms with Crippen molar-refractivity contribution >= 4 is 11.6 Å². The summed E-state index contributed by atoms with van der Waals surface area (Å²) in [4.78, 5) is 0. The number of likely N-dealkylation sites (N-methyl/N-ethyl adjacent to an activating group) is 1. The van der Waals surface area contributed by atoms with Crippen LogP contribution in [0.4, 0.5) is 4.39 Å². The summed E-state index contributed by atoms with van der Waals surface area (Å²) in [6.45, 7) is 6.01. The lowest BCUT2D eigenvalue weighted by molar-refractivity contribution is 0.0776. The SMILES string of the molecule is CCNC(Cc1ccc(Cl)c(F)c1)C1CCOC1CC. The smallest absolute Gasteiger partial charge is 0.142 e. The average Bonchev–Trinajstić information content (AvgIpc) is 2.90. The summed E-state index contributed by atoms with van der Waals surface area (Å²) < 4.78 is 19.3. The lowest BCUT2D eigenvalue weighted by Crippen LogP contribution is -2.41. The van der Waals surface area contributed by atoms with Crippen LogP contribution >= 0.6 is 11.6 Å². The van der Waals surface area contributed by atoms with E-state index in [0.29, 0.717) is 18.1 Å². The summed E-state index contributed by atoms with van der Waals surface area (Å²) in [5.74, 6) is 0.160. The second-order valence-electron chi connectivity index (χ2n) is 5.39. The van der Waals surface area contributed by atoms with Crippen LogP contribution in [-0.4, -0.2) is 25.3 Å². The minimum absolute atomic E-state index is 0.185. The minimum atomic E-state index is -0.339. The summed E-state index contributed by atoms with van der Waals surface area (Å²) in [6.07, 6.45) is 3.23. The van der Waals surface area contributed by atoms with Gasteiger partial charge in [-0.2, -0.15) is 0 Å². The zero-order valence-corrected chi connectivity index (χ0v) is 12.9. The zero-order chi connectivity index (χ0) is 14.5. The highest BCUT2D eigenvalue weighted by Crippen LogP contribution is 2.28. The van der Waals surface area contributed by atoms with E-state index < -0.39 is 0 Å². The fourth-order valence-corrected chi connectivity index (χ4v) is 3.22. The summed E-state index contributed by atoms with van der Waals surface area (Å²) in [5.41, 5.74) is 0.986. The largest absolute Gasteiger partial charge is 0.378 e. The fraction of sp³-hybridized carbons (Fsp3) is 0.625. The van der Waals surface area contributed by atoms with Gasteiger partial charge in [-0.3, -0.25) is 0 Å². The molecule has 1 aromatic carbocycles. The Morgan fingerprint density at radius 2 is 2.25 bits per heavy atom. The highest BCUT2D eigenvalue weighted by Gasteiger charge is 2.33. The highest BCUT2D eigenvalue weighted by molar-refractivity contribution is 6.30. The Bertz CT molecular complexity index is 440. The second kappa shape index (κ2) is 7.39. The molecular formula is C16H23ClFNO. The third-order valence-corrected chi connectivity index (χ3v) is 4.39. The van der Waals surface area contributed by atoms with Gasteiger partial charge in [0, 0.05) is 18.6 Å². The molecule has 2 rings (SSSR count). The van der Waals surface area contributed by atoms with Crippen LogP contribution in [0.5, 0.6) is 0 Å². The fourth-order valence-electron chi connectivity index (χ4n) is 3.10. The molecule has 1 aromatic rings. The Hall–Kier alpha value is -0.640. The van der Waals surface area contributed by atoms with Gasteiger partial charge in [0.2, 0.25) is 0 Å². The highest BCUT2D eigenvalue weighted by atomic mass is 35.5. The van der Waals surface area contributed by atoms with Gasteiger partial charge < -0.3 is 10.1 Å². The molecule has 112 valence electrons. The number of ether oxygens (including phenoxy) is 1. The van der Waals surface area contributed by atoms with Gasteiger partial charge >= 0.3 is 0 Å². The minimum Gasteiger partial charge on any atom is -0.378 e. The molecule has 1 saturated heterocycles. The second-order valence-corrected chi connectivity index (χ2v) is 5.79. The first kappa shape index (κ1) is 15.7. The van der Waals surface area contributed by atoms with Gasteiger partial charge in [-0.05, 0) is 43.5 Å². The Labute approximate surface area is 125 Å². The van der Waals surface area contributed by atoms with E-state index in [2.05, 4.69) is 19.2 Å². The van der Waals surface area contributed by atoms with Crippen molar-refractivity contribution in [2.75, 3.05) is 13.2 Å². The van der Waals surface area contributed by atoms with Crippen LogP contribution in [0.25, 0.3) is 0 Å². The van der Waals surface area contributed by atoms with Crippen molar-refractivity contribution in [1.82, 2.24) is 5.32 Å². The molecule has 2 nitrogen and oxygen atoms in total. The quantitative estimate of drug-likeness (QED) is 0.862. The molecule has 0 amide bonds. The van der Waals surface area contributed by atoms with Gasteiger partial charge in [-0.1, -0.05) is 31.5 Å². The summed E-state index contributed by atoms with van der Waals surface area (Å²) in [7, 11) is 0. The van der Waals surface area contributed by atoms with Crippen LogP contribution < -0.4 is 5.32 Å². The predicted octanol–water partition coefficient (Wildman–Crippen LogP) is 3.81. The molecule has 1 heterocycles. The van der Waals surface area contributed by atoms with Crippen LogP contribution in [0.15, 0.2) is 18.2 Å². The van der Waals surface area contributed by atoms with Crippen molar-refractivity contribution in [3.05, 3.63) is 34.6 Å². The molecule has 0 aromatic heterocycles. The summed E-state index contributed by atoms with van der Waals surface area (Å²) in [6, 6.07) is 5.42. The number of hydrogen-bond acceptors (Lipinski definition) is 2. The number of rotatable bonds is 6. The molecule has 0 saturated carbocycles. The molecule has 1 N–H and O–H groups in total. The number of nitrogens with one attached hydrogen (secondary N) is 1. The zero-order valence-electron chi connectivity index (χ0n) is 12.2. The van der Waals surface area contributed by atoms with E-state index in [-0.39, 0.29) is 10.8 Å². The Morgan fingerprint density at radius 1 is 1.45 bits per heavy atom. The van der Waals surface area contributed by atoms with Crippen molar-refractivity contribution in [1.29, 1.82) is 0 Å². The van der Waals surface area contributed by atoms with E-state index in [9.17, 15) is 4.39 Å². The van der Waals surface area contributed by atoms with E-state index >= 15 is 0 Å². The Balaban J connectivity index is 2.10. The maximum absolute atomic E-state index is 13.6. The van der Waals surface area contributed by atoms with Crippen LogP contribution in [-0.2, 0) is 11.2 Å². The number of halogens is 2. The molecule has 1 aliphatic rings. The Morgan fingerprint density at radius 3 is 2.90 bits per heavy atom. The van der Waals surface area contributed by atoms with Crippen LogP contribution in [0.2, 0.25) is 5.02 Å². The molecule has 1 aliphatic heterocycles. The molecule has 4 heteroatoms. The van der Waals surface area contributed by atoms with Crippen LogP contribution in [0.1, 0.15) is 32.3 Å². The molecule has 3 atom stereocenters. The molecule has 0 bridgehead atoms. The monoisotopic (exact) mass is 299 g/mol. The Kier molecular flexibility index (Phi) is 5.82. The van der Waals surface area contributed by atoms with Gasteiger partial charge in [-0.15, -0.1) is 0 Å². The first-order valence-corrected chi connectivity index (χ1v) is 7.82. The standard InChI is InChI=1S/C16H23ClFNO/c1-3-16-12(7-8-20-16)15(19-4-2)10-11-5-6-13(17)14(18)9-11/h5-6,9,12,15-16,19H,3-4,7-8,10H2,1-2H3. The molecule has 0 radical (unpaired) electrons. The van der Waals surface area contributed by atoms with E-state index in [4.69, 9.17) is 16.3 Å². The molecule has 1 fully saturated rings. The van der Waals surface area contributed by atoms with Crippen molar-refractivity contribution in [2.45, 2.75) is 45.3 Å². The third kappa shape index (κ3) is 3.72. The van der Waals surface area contributed by atoms with Crippen LogP contribution in [0, 0.1) is 11.7 Å². The van der Waals surface area contributed by atoms with E-state index in [1.807, 2.05) is 6.07 Å². The maximum atomic E-state index is 13.6. The molecule has 0 aliphatic carbocycles. The lowest BCUT2D eigenvalue weighted by Gasteiger charge is -2.28. The van der Waals surface area contributed by atoms with Crippen molar-refractivity contribution < 1.29 is 9.13 Å². The van der Waals surface area contributed by atoms with Gasteiger partial charge in [0.15, 0.2) is 0 Å². The molecule has 20 heavy (non-hydrogen) atoms. The van der Waals surface area contributed by atoms with Gasteiger partial charge in [0.25, 0.3) is 0 Å². The summed E-state index contributed by atoms with van der Waals surface area (Å²) in [5, 5.41) is 3.72. The maximum Gasteiger partial charge on any atom is 0.142 e. The topological polar surface area (TPSA) is 21.3 Å². The number of hydrogen-bond donors (Lipinski definition) is 1. The molecular weight excluding hydrogens is 277 g/mol. The van der Waals surface area contributed by atoms with E-state index in [1.165, 1.54) is 0 Å². The van der Waals surface area contributed by atoms with Crippen molar-refractivity contribution in [2.24, 2.45) is 5.92 Å². The molecule has 0 spiro atoms. The average molecular weight is 300 g/mol. The van der Waals surface area contributed by atoms with E-state index in [1.54, 1.807) is 12.1 Å².